The second-order valence-corrected chi connectivity index (χ2v) is 9.10. The van der Waals surface area contributed by atoms with Crippen LogP contribution >= 0.6 is 0 Å². The Morgan fingerprint density at radius 2 is 2.03 bits per heavy atom. The van der Waals surface area contributed by atoms with Crippen LogP contribution in [0.4, 0.5) is 5.82 Å². The molecule has 0 spiro atoms. The van der Waals surface area contributed by atoms with Gasteiger partial charge in [-0.15, -0.1) is 0 Å². The molecule has 4 heterocycles. The molecule has 2 aromatic rings. The van der Waals surface area contributed by atoms with Crippen molar-refractivity contribution >= 4 is 11.7 Å². The Morgan fingerprint density at radius 1 is 1.26 bits per heavy atom. The minimum absolute atomic E-state index is 0.0990. The number of nitrogens with one attached hydrogen (secondary N) is 2. The van der Waals surface area contributed by atoms with Gasteiger partial charge in [-0.2, -0.15) is 0 Å². The molecule has 4 rings (SSSR count). The lowest BCUT2D eigenvalue weighted by atomic mass is 9.98. The maximum absolute atomic E-state index is 13.0. The van der Waals surface area contributed by atoms with Gasteiger partial charge in [-0.25, -0.2) is 4.98 Å². The molecule has 0 aromatic carbocycles. The molecule has 0 radical (unpaired) electrons. The molecular weight excluding hydrogens is 430 g/mol. The normalized spacial score (nSPS) is 18.3. The van der Waals surface area contributed by atoms with Gasteiger partial charge < -0.3 is 24.8 Å². The van der Waals surface area contributed by atoms with Gasteiger partial charge in [0.15, 0.2) is 0 Å². The Bertz CT molecular complexity index is 1160. The van der Waals surface area contributed by atoms with Gasteiger partial charge in [0.2, 0.25) is 0 Å². The van der Waals surface area contributed by atoms with E-state index < -0.39 is 0 Å². The van der Waals surface area contributed by atoms with Crippen LogP contribution < -0.4 is 15.8 Å². The predicted molar refractivity (Wildman–Crippen MR) is 133 cm³/mol. The standard InChI is InChI=1S/C26H33N5O3/c1-17(2)31-8-6-21(25(32)28-16-22-18(3)13-19(4)29-26(22)33)14-23(31)20-5-7-27-24(15-20)30-9-11-34-12-10-30/h5-8,13-15,17,23H,9-12,16H2,1-4H3,(H,28,32)(H,29,33). The summed E-state index contributed by atoms with van der Waals surface area (Å²) >= 11 is 0. The molecule has 2 N–H and O–H groups in total. The topological polar surface area (TPSA) is 90.6 Å². The van der Waals surface area contributed by atoms with Crippen LogP contribution in [0.15, 0.2) is 53.1 Å². The summed E-state index contributed by atoms with van der Waals surface area (Å²) in [5.74, 6) is 0.721. The van der Waals surface area contributed by atoms with Crippen LogP contribution in [0.2, 0.25) is 0 Å². The molecule has 2 aromatic heterocycles. The van der Waals surface area contributed by atoms with E-state index in [0.717, 1.165) is 35.7 Å². The number of hydrogen-bond acceptors (Lipinski definition) is 6. The summed E-state index contributed by atoms with van der Waals surface area (Å²) in [4.78, 5) is 37.2. The average molecular weight is 464 g/mol. The van der Waals surface area contributed by atoms with Crippen LogP contribution in [0.5, 0.6) is 0 Å². The number of aromatic amines is 1. The largest absolute Gasteiger partial charge is 0.378 e. The van der Waals surface area contributed by atoms with Gasteiger partial charge in [0, 0.05) is 54.9 Å². The molecule has 2 aliphatic rings. The van der Waals surface area contributed by atoms with Crippen LogP contribution in [0, 0.1) is 13.8 Å². The fourth-order valence-electron chi connectivity index (χ4n) is 4.44. The van der Waals surface area contributed by atoms with E-state index in [0.29, 0.717) is 24.4 Å². The van der Waals surface area contributed by atoms with Crippen LogP contribution in [-0.4, -0.2) is 53.1 Å². The molecule has 0 aliphatic carbocycles. The van der Waals surface area contributed by atoms with Gasteiger partial charge in [0.25, 0.3) is 11.5 Å². The third-order valence-corrected chi connectivity index (χ3v) is 6.31. The Labute approximate surface area is 200 Å². The van der Waals surface area contributed by atoms with Crippen molar-refractivity contribution in [3.05, 3.63) is 81.1 Å². The van der Waals surface area contributed by atoms with Crippen molar-refractivity contribution in [1.29, 1.82) is 0 Å². The fourth-order valence-corrected chi connectivity index (χ4v) is 4.44. The number of hydrogen-bond donors (Lipinski definition) is 2. The van der Waals surface area contributed by atoms with Gasteiger partial charge in [0.05, 0.1) is 19.3 Å². The number of aromatic nitrogens is 2. The Balaban J connectivity index is 1.56. The highest BCUT2D eigenvalue weighted by molar-refractivity contribution is 5.96. The number of H-pyrrole nitrogens is 1. The van der Waals surface area contributed by atoms with Gasteiger partial charge in [-0.05, 0) is 69.2 Å². The number of carbonyl (C=O) groups is 1. The number of aryl methyl sites for hydroxylation is 2. The van der Waals surface area contributed by atoms with Crippen LogP contribution in [0.1, 0.15) is 42.3 Å². The number of anilines is 1. The van der Waals surface area contributed by atoms with E-state index >= 15 is 0 Å². The van der Waals surface area contributed by atoms with Crippen molar-refractivity contribution in [2.75, 3.05) is 31.2 Å². The number of morpholine rings is 1. The molecular formula is C26H33N5O3. The second-order valence-electron chi connectivity index (χ2n) is 9.10. The smallest absolute Gasteiger partial charge is 0.253 e. The zero-order valence-corrected chi connectivity index (χ0v) is 20.3. The molecule has 1 amide bonds. The summed E-state index contributed by atoms with van der Waals surface area (Å²) in [5.41, 5.74) is 3.73. The van der Waals surface area contributed by atoms with E-state index in [1.165, 1.54) is 0 Å². The summed E-state index contributed by atoms with van der Waals surface area (Å²) < 4.78 is 5.47. The van der Waals surface area contributed by atoms with Crippen molar-refractivity contribution in [2.24, 2.45) is 0 Å². The first-order chi connectivity index (χ1) is 16.3. The third-order valence-electron chi connectivity index (χ3n) is 6.31. The number of amides is 1. The van der Waals surface area contributed by atoms with E-state index in [4.69, 9.17) is 4.74 Å². The molecule has 8 nitrogen and oxygen atoms in total. The molecule has 1 saturated heterocycles. The van der Waals surface area contributed by atoms with E-state index in [1.54, 1.807) is 0 Å². The van der Waals surface area contributed by atoms with E-state index in [1.807, 2.05) is 50.5 Å². The van der Waals surface area contributed by atoms with E-state index in [9.17, 15) is 9.59 Å². The molecule has 1 fully saturated rings. The van der Waals surface area contributed by atoms with Crippen molar-refractivity contribution in [2.45, 2.75) is 46.3 Å². The highest BCUT2D eigenvalue weighted by atomic mass is 16.5. The maximum Gasteiger partial charge on any atom is 0.253 e. The Kier molecular flexibility index (Phi) is 7.17. The number of rotatable bonds is 6. The van der Waals surface area contributed by atoms with Gasteiger partial charge in [-0.1, -0.05) is 0 Å². The molecule has 34 heavy (non-hydrogen) atoms. The number of nitrogens with zero attached hydrogens (tertiary/aromatic N) is 3. The predicted octanol–water partition coefficient (Wildman–Crippen LogP) is 2.74. The summed E-state index contributed by atoms with van der Waals surface area (Å²) in [6, 6.07) is 6.17. The highest BCUT2D eigenvalue weighted by Crippen LogP contribution is 2.31. The zero-order chi connectivity index (χ0) is 24.2. The van der Waals surface area contributed by atoms with Crippen LogP contribution in [0.25, 0.3) is 0 Å². The van der Waals surface area contributed by atoms with Gasteiger partial charge in [0.1, 0.15) is 5.82 Å². The Hall–Kier alpha value is -3.39. The highest BCUT2D eigenvalue weighted by Gasteiger charge is 2.25. The summed E-state index contributed by atoms with van der Waals surface area (Å²) in [6.45, 7) is 11.2. The lowest BCUT2D eigenvalue weighted by molar-refractivity contribution is -0.117. The third kappa shape index (κ3) is 5.22. The molecule has 0 saturated carbocycles. The summed E-state index contributed by atoms with van der Waals surface area (Å²) in [5, 5.41) is 2.92. The van der Waals surface area contributed by atoms with Crippen molar-refractivity contribution in [3.63, 3.8) is 0 Å². The summed E-state index contributed by atoms with van der Waals surface area (Å²) in [7, 11) is 0. The van der Waals surface area contributed by atoms with Crippen LogP contribution in [0.3, 0.4) is 0 Å². The van der Waals surface area contributed by atoms with Crippen LogP contribution in [-0.2, 0) is 16.1 Å². The first-order valence-electron chi connectivity index (χ1n) is 11.8. The first-order valence-corrected chi connectivity index (χ1v) is 11.8. The van der Waals surface area contributed by atoms with E-state index in [-0.39, 0.29) is 30.1 Å². The van der Waals surface area contributed by atoms with E-state index in [2.05, 4.69) is 45.0 Å². The quantitative estimate of drug-likeness (QED) is 0.685. The van der Waals surface area contributed by atoms with Gasteiger partial charge in [-0.3, -0.25) is 9.59 Å². The lowest BCUT2D eigenvalue weighted by Crippen LogP contribution is -2.37. The summed E-state index contributed by atoms with van der Waals surface area (Å²) in [6.07, 6.45) is 7.63. The second kappa shape index (κ2) is 10.3. The van der Waals surface area contributed by atoms with Gasteiger partial charge >= 0.3 is 0 Å². The van der Waals surface area contributed by atoms with Crippen molar-refractivity contribution in [3.8, 4) is 0 Å². The monoisotopic (exact) mass is 463 g/mol. The zero-order valence-electron chi connectivity index (χ0n) is 20.3. The first kappa shape index (κ1) is 23.8. The molecule has 1 atom stereocenters. The molecule has 2 aliphatic heterocycles. The lowest BCUT2D eigenvalue weighted by Gasteiger charge is -2.36. The van der Waals surface area contributed by atoms with Crippen molar-refractivity contribution in [1.82, 2.24) is 20.2 Å². The molecule has 0 bridgehead atoms. The molecule has 180 valence electrons. The minimum Gasteiger partial charge on any atom is -0.378 e. The minimum atomic E-state index is -0.202. The maximum atomic E-state index is 13.0. The SMILES string of the molecule is Cc1cc(C)c(CNC(=O)C2=CC(c3ccnc(N4CCOCC4)c3)N(C(C)C)C=C2)c(=O)[nH]1. The number of ether oxygens (including phenoxy) is 1. The Morgan fingerprint density at radius 3 is 2.74 bits per heavy atom. The van der Waals surface area contributed by atoms with Crippen molar-refractivity contribution < 1.29 is 9.53 Å². The molecule has 1 unspecified atom stereocenters. The average Bonchev–Trinajstić information content (AvgIpc) is 2.83. The number of pyridine rings is 2. The fraction of sp³-hybridized carbons (Fsp3) is 0.423. The number of carbonyl (C=O) groups excluding carboxylic acids is 1. The molecule has 8 heteroatoms.